The number of hydrogen-bond acceptors (Lipinski definition) is 6. The van der Waals surface area contributed by atoms with E-state index in [2.05, 4.69) is 11.9 Å². The van der Waals surface area contributed by atoms with Gasteiger partial charge in [-0.3, -0.25) is 4.79 Å². The molecular formula is C31H37NO5S. The van der Waals surface area contributed by atoms with Crippen molar-refractivity contribution >= 4 is 15.8 Å². The summed E-state index contributed by atoms with van der Waals surface area (Å²) < 4.78 is 38.6. The molecule has 0 amide bonds. The molecule has 7 heteroatoms. The highest BCUT2D eigenvalue weighted by Gasteiger charge is 2.36. The van der Waals surface area contributed by atoms with Gasteiger partial charge in [0.05, 0.1) is 36.0 Å². The first-order chi connectivity index (χ1) is 18.3. The van der Waals surface area contributed by atoms with Gasteiger partial charge in [0.25, 0.3) is 0 Å². The maximum Gasteiger partial charge on any atom is 0.306 e. The van der Waals surface area contributed by atoms with Gasteiger partial charge in [0.1, 0.15) is 0 Å². The first-order valence-electron chi connectivity index (χ1n) is 12.8. The zero-order chi connectivity index (χ0) is 27.4. The molecule has 3 rings (SSSR count). The Hall–Kier alpha value is -3.26. The Labute approximate surface area is 226 Å². The van der Waals surface area contributed by atoms with Crippen LogP contribution in [0.1, 0.15) is 37.4 Å². The van der Waals surface area contributed by atoms with E-state index in [0.29, 0.717) is 18.8 Å². The number of sulfone groups is 1. The van der Waals surface area contributed by atoms with Crippen molar-refractivity contribution < 1.29 is 22.7 Å². The van der Waals surface area contributed by atoms with Gasteiger partial charge in [-0.15, -0.1) is 0 Å². The molecular weight excluding hydrogens is 498 g/mol. The Bertz CT molecular complexity index is 1250. The highest BCUT2D eigenvalue weighted by atomic mass is 32.2. The van der Waals surface area contributed by atoms with Gasteiger partial charge < -0.3 is 14.8 Å². The lowest BCUT2D eigenvalue weighted by Gasteiger charge is -2.28. The van der Waals surface area contributed by atoms with Crippen LogP contribution in [-0.2, 0) is 30.7 Å². The first-order valence-corrected chi connectivity index (χ1v) is 14.4. The van der Waals surface area contributed by atoms with Gasteiger partial charge in [-0.2, -0.15) is 0 Å². The molecule has 3 aromatic carbocycles. The quantitative estimate of drug-likeness (QED) is 0.204. The SMILES string of the molecule is C=C(CN[C@H](COCc1ccccc1)c1ccccc1)[C@H]([C@H](C)CC(=O)OCC)S(=O)(=O)c1ccccc1. The van der Waals surface area contributed by atoms with Crippen LogP contribution in [0.5, 0.6) is 0 Å². The van der Waals surface area contributed by atoms with Crippen molar-refractivity contribution in [2.24, 2.45) is 5.92 Å². The molecule has 3 atom stereocenters. The van der Waals surface area contributed by atoms with Crippen molar-refractivity contribution in [1.82, 2.24) is 5.32 Å². The van der Waals surface area contributed by atoms with Gasteiger partial charge >= 0.3 is 5.97 Å². The van der Waals surface area contributed by atoms with Gasteiger partial charge in [0.2, 0.25) is 0 Å². The summed E-state index contributed by atoms with van der Waals surface area (Å²) >= 11 is 0. The van der Waals surface area contributed by atoms with E-state index in [-0.39, 0.29) is 30.5 Å². The van der Waals surface area contributed by atoms with Gasteiger partial charge in [0.15, 0.2) is 9.84 Å². The summed E-state index contributed by atoms with van der Waals surface area (Å²) in [5, 5.41) is 2.49. The van der Waals surface area contributed by atoms with Crippen LogP contribution in [0, 0.1) is 5.92 Å². The minimum Gasteiger partial charge on any atom is -0.466 e. The summed E-state index contributed by atoms with van der Waals surface area (Å²) in [6.07, 6.45) is -0.0219. The van der Waals surface area contributed by atoms with Crippen molar-refractivity contribution in [3.8, 4) is 0 Å². The van der Waals surface area contributed by atoms with Crippen molar-refractivity contribution in [3.63, 3.8) is 0 Å². The number of carbonyl (C=O) groups is 1. The van der Waals surface area contributed by atoms with E-state index >= 15 is 0 Å². The fourth-order valence-corrected chi connectivity index (χ4v) is 6.52. The molecule has 3 aromatic rings. The lowest BCUT2D eigenvalue weighted by atomic mass is 9.97. The lowest BCUT2D eigenvalue weighted by molar-refractivity contribution is -0.144. The Balaban J connectivity index is 1.78. The number of hydrogen-bond donors (Lipinski definition) is 1. The predicted molar refractivity (Wildman–Crippen MR) is 150 cm³/mol. The number of rotatable bonds is 15. The molecule has 38 heavy (non-hydrogen) atoms. The molecule has 0 aliphatic carbocycles. The Morgan fingerprint density at radius 2 is 1.50 bits per heavy atom. The smallest absolute Gasteiger partial charge is 0.306 e. The summed E-state index contributed by atoms with van der Waals surface area (Å²) in [4.78, 5) is 12.5. The first kappa shape index (κ1) is 29.3. The second-order valence-corrected chi connectivity index (χ2v) is 11.3. The fraction of sp³-hybridized carbons (Fsp3) is 0.323. The van der Waals surface area contributed by atoms with E-state index in [0.717, 1.165) is 11.1 Å². The molecule has 0 saturated heterocycles. The Morgan fingerprint density at radius 1 is 0.921 bits per heavy atom. The summed E-state index contributed by atoms with van der Waals surface area (Å²) in [6.45, 7) is 9.00. The van der Waals surface area contributed by atoms with Crippen molar-refractivity contribution in [1.29, 1.82) is 0 Å². The van der Waals surface area contributed by atoms with Gasteiger partial charge in [-0.1, -0.05) is 92.4 Å². The number of esters is 1. The summed E-state index contributed by atoms with van der Waals surface area (Å²) in [7, 11) is -3.80. The Kier molecular flexibility index (Phi) is 11.3. The maximum absolute atomic E-state index is 13.7. The van der Waals surface area contributed by atoms with Crippen LogP contribution in [0.15, 0.2) is 108 Å². The minimum absolute atomic E-state index is 0.0219. The number of carbonyl (C=O) groups excluding carboxylic acids is 1. The highest BCUT2D eigenvalue weighted by molar-refractivity contribution is 7.92. The normalized spacial score (nSPS) is 13.8. The predicted octanol–water partition coefficient (Wildman–Crippen LogP) is 5.52. The van der Waals surface area contributed by atoms with E-state index in [1.807, 2.05) is 60.7 Å². The highest BCUT2D eigenvalue weighted by Crippen LogP contribution is 2.29. The molecule has 0 spiro atoms. The number of benzene rings is 3. The topological polar surface area (TPSA) is 81.7 Å². The molecule has 0 bridgehead atoms. The van der Waals surface area contributed by atoms with Crippen LogP contribution in [0.2, 0.25) is 0 Å². The van der Waals surface area contributed by atoms with Gasteiger partial charge in [-0.05, 0) is 41.7 Å². The van der Waals surface area contributed by atoms with Crippen molar-refractivity contribution in [3.05, 3.63) is 114 Å². The molecule has 0 unspecified atom stereocenters. The molecule has 0 aliphatic rings. The average molecular weight is 536 g/mol. The van der Waals surface area contributed by atoms with Gasteiger partial charge in [-0.25, -0.2) is 8.42 Å². The van der Waals surface area contributed by atoms with Crippen LogP contribution < -0.4 is 5.32 Å². The lowest BCUT2D eigenvalue weighted by Crippen LogP contribution is -2.37. The third-order valence-corrected chi connectivity index (χ3v) is 8.69. The van der Waals surface area contributed by atoms with Crippen molar-refractivity contribution in [2.75, 3.05) is 19.8 Å². The molecule has 0 aromatic heterocycles. The van der Waals surface area contributed by atoms with Crippen LogP contribution in [0.3, 0.4) is 0 Å². The molecule has 6 nitrogen and oxygen atoms in total. The minimum atomic E-state index is -3.80. The molecule has 0 fully saturated rings. The summed E-state index contributed by atoms with van der Waals surface area (Å²) in [5.41, 5.74) is 2.58. The fourth-order valence-electron chi connectivity index (χ4n) is 4.46. The van der Waals surface area contributed by atoms with E-state index in [4.69, 9.17) is 9.47 Å². The van der Waals surface area contributed by atoms with E-state index < -0.39 is 27.0 Å². The van der Waals surface area contributed by atoms with E-state index in [1.165, 1.54) is 0 Å². The maximum atomic E-state index is 13.7. The van der Waals surface area contributed by atoms with Crippen LogP contribution >= 0.6 is 0 Å². The molecule has 1 N–H and O–H groups in total. The second-order valence-electron chi connectivity index (χ2n) is 9.27. The Morgan fingerprint density at radius 3 is 2.11 bits per heavy atom. The third kappa shape index (κ3) is 8.38. The van der Waals surface area contributed by atoms with Crippen LogP contribution in [0.25, 0.3) is 0 Å². The van der Waals surface area contributed by atoms with E-state index in [9.17, 15) is 13.2 Å². The number of ether oxygens (including phenoxy) is 2. The molecule has 0 saturated carbocycles. The average Bonchev–Trinajstić information content (AvgIpc) is 2.92. The summed E-state index contributed by atoms with van der Waals surface area (Å²) in [6, 6.07) is 27.9. The molecule has 202 valence electrons. The van der Waals surface area contributed by atoms with Crippen LogP contribution in [0.4, 0.5) is 0 Å². The van der Waals surface area contributed by atoms with Gasteiger partial charge in [0, 0.05) is 13.0 Å². The largest absolute Gasteiger partial charge is 0.466 e. The molecule has 0 heterocycles. The zero-order valence-electron chi connectivity index (χ0n) is 22.1. The monoisotopic (exact) mass is 535 g/mol. The van der Waals surface area contributed by atoms with Crippen molar-refractivity contribution in [2.45, 2.75) is 43.1 Å². The summed E-state index contributed by atoms with van der Waals surface area (Å²) in [5.74, 6) is -0.955. The third-order valence-electron chi connectivity index (χ3n) is 6.29. The molecule has 0 aliphatic heterocycles. The second kappa shape index (κ2) is 14.6. The number of nitrogens with one attached hydrogen (secondary N) is 1. The molecule has 0 radical (unpaired) electrons. The zero-order valence-corrected chi connectivity index (χ0v) is 22.9. The van der Waals surface area contributed by atoms with Crippen LogP contribution in [-0.4, -0.2) is 39.4 Å². The van der Waals surface area contributed by atoms with E-state index in [1.54, 1.807) is 44.2 Å². The standard InChI is InChI=1S/C31H37NO5S/c1-4-37-30(33)20-24(2)31(38(34,35)28-18-12-7-13-19-28)25(3)21-32-29(27-16-10-6-11-17-27)23-36-22-26-14-8-5-9-15-26/h5-19,24,29,31-32H,3-4,20-23H2,1-2H3/t24-,29-,31+/m1/s1.